The first kappa shape index (κ1) is 12.6. The quantitative estimate of drug-likeness (QED) is 0.805. The molecule has 2 N–H and O–H groups in total. The number of nitrogen functional groups attached to an aromatic ring is 1. The molecule has 2 nitrogen and oxygen atoms in total. The molecule has 1 aromatic rings. The smallest absolute Gasteiger partial charge is 0.144 e. The first-order valence-corrected chi connectivity index (χ1v) is 6.64. The van der Waals surface area contributed by atoms with E-state index in [9.17, 15) is 0 Å². The van der Waals surface area contributed by atoms with Crippen LogP contribution in [0.25, 0.3) is 0 Å². The molecule has 1 fully saturated rings. The number of nitrogens with two attached hydrogens (primary N) is 1. The molecule has 2 atom stereocenters. The first-order valence-electron chi connectivity index (χ1n) is 6.27. The van der Waals surface area contributed by atoms with Gasteiger partial charge >= 0.3 is 0 Å². The van der Waals surface area contributed by atoms with E-state index in [1.54, 1.807) is 6.07 Å². The van der Waals surface area contributed by atoms with Crippen molar-refractivity contribution in [1.82, 2.24) is 0 Å². The first-order chi connectivity index (χ1) is 8.06. The van der Waals surface area contributed by atoms with Gasteiger partial charge in [-0.3, -0.25) is 0 Å². The van der Waals surface area contributed by atoms with E-state index in [4.69, 9.17) is 22.1 Å². The highest BCUT2D eigenvalue weighted by molar-refractivity contribution is 6.33. The lowest BCUT2D eigenvalue weighted by atomic mass is 9.82. The number of hydrogen-bond donors (Lipinski definition) is 1. The molecule has 2 rings (SSSR count). The van der Waals surface area contributed by atoms with E-state index in [-0.39, 0.29) is 6.10 Å². The minimum atomic E-state index is 0.273. The second-order valence-electron chi connectivity index (χ2n) is 5.31. The highest BCUT2D eigenvalue weighted by Gasteiger charge is 2.25. The normalized spacial score (nSPS) is 29.0. The number of rotatable bonds is 2. The van der Waals surface area contributed by atoms with E-state index in [1.807, 2.05) is 12.1 Å². The largest absolute Gasteiger partial charge is 0.488 e. The Morgan fingerprint density at radius 3 is 2.47 bits per heavy atom. The van der Waals surface area contributed by atoms with Crippen LogP contribution in [0, 0.1) is 11.8 Å². The van der Waals surface area contributed by atoms with Crippen LogP contribution in [0.5, 0.6) is 5.75 Å². The molecule has 0 radical (unpaired) electrons. The van der Waals surface area contributed by atoms with Crippen LogP contribution in [-0.4, -0.2) is 6.10 Å². The van der Waals surface area contributed by atoms with Crippen molar-refractivity contribution < 1.29 is 4.74 Å². The van der Waals surface area contributed by atoms with Gasteiger partial charge in [0.05, 0.1) is 16.8 Å². The zero-order valence-corrected chi connectivity index (χ0v) is 11.2. The van der Waals surface area contributed by atoms with Crippen molar-refractivity contribution in [3.8, 4) is 5.75 Å². The van der Waals surface area contributed by atoms with Gasteiger partial charge in [0.25, 0.3) is 0 Å². The number of anilines is 1. The van der Waals surface area contributed by atoms with Crippen molar-refractivity contribution >= 4 is 17.3 Å². The molecular formula is C14H20ClNO. The zero-order valence-electron chi connectivity index (χ0n) is 10.4. The van der Waals surface area contributed by atoms with Crippen LogP contribution in [-0.2, 0) is 0 Å². The van der Waals surface area contributed by atoms with E-state index >= 15 is 0 Å². The molecule has 0 amide bonds. The summed E-state index contributed by atoms with van der Waals surface area (Å²) in [7, 11) is 0. The van der Waals surface area contributed by atoms with E-state index in [0.717, 1.165) is 30.4 Å². The third-order valence-corrected chi connectivity index (χ3v) is 3.77. The van der Waals surface area contributed by atoms with Gasteiger partial charge in [-0.1, -0.05) is 31.5 Å². The molecule has 1 aromatic carbocycles. The van der Waals surface area contributed by atoms with Gasteiger partial charge in [-0.25, -0.2) is 0 Å². The van der Waals surface area contributed by atoms with Gasteiger partial charge in [0.1, 0.15) is 5.75 Å². The fraction of sp³-hybridized carbons (Fsp3) is 0.571. The van der Waals surface area contributed by atoms with Crippen molar-refractivity contribution in [1.29, 1.82) is 0 Å². The SMILES string of the molecule is CC1CC(C)CC(Oc2cccc(Cl)c2N)C1. The van der Waals surface area contributed by atoms with Crippen molar-refractivity contribution in [2.45, 2.75) is 39.2 Å². The Bertz CT molecular complexity index is 384. The van der Waals surface area contributed by atoms with Gasteiger partial charge in [-0.2, -0.15) is 0 Å². The fourth-order valence-corrected chi connectivity index (χ4v) is 2.93. The lowest BCUT2D eigenvalue weighted by Gasteiger charge is -2.32. The topological polar surface area (TPSA) is 35.2 Å². The standard InChI is InChI=1S/C14H20ClNO/c1-9-6-10(2)8-11(7-9)17-13-5-3-4-12(15)14(13)16/h3-5,9-11H,6-8,16H2,1-2H3. The van der Waals surface area contributed by atoms with Crippen molar-refractivity contribution in [2.24, 2.45) is 11.8 Å². The van der Waals surface area contributed by atoms with Crippen molar-refractivity contribution in [3.63, 3.8) is 0 Å². The van der Waals surface area contributed by atoms with Crippen molar-refractivity contribution in [2.75, 3.05) is 5.73 Å². The minimum Gasteiger partial charge on any atom is -0.488 e. The summed E-state index contributed by atoms with van der Waals surface area (Å²) in [6, 6.07) is 5.56. The van der Waals surface area contributed by atoms with E-state index in [1.165, 1.54) is 6.42 Å². The van der Waals surface area contributed by atoms with E-state index < -0.39 is 0 Å². The molecule has 0 bridgehead atoms. The van der Waals surface area contributed by atoms with Crippen LogP contribution in [0.1, 0.15) is 33.1 Å². The fourth-order valence-electron chi connectivity index (χ4n) is 2.77. The maximum Gasteiger partial charge on any atom is 0.144 e. The minimum absolute atomic E-state index is 0.273. The summed E-state index contributed by atoms with van der Waals surface area (Å²) in [5.74, 6) is 2.18. The maximum atomic E-state index is 6.00. The molecule has 3 heteroatoms. The molecular weight excluding hydrogens is 234 g/mol. The molecule has 0 heterocycles. The highest BCUT2D eigenvalue weighted by atomic mass is 35.5. The van der Waals surface area contributed by atoms with Crippen LogP contribution >= 0.6 is 11.6 Å². The number of hydrogen-bond acceptors (Lipinski definition) is 2. The molecule has 1 saturated carbocycles. The van der Waals surface area contributed by atoms with Crippen molar-refractivity contribution in [3.05, 3.63) is 23.2 Å². The Kier molecular flexibility index (Phi) is 3.82. The van der Waals surface area contributed by atoms with Crippen LogP contribution in [0.4, 0.5) is 5.69 Å². The predicted molar refractivity (Wildman–Crippen MR) is 72.5 cm³/mol. The van der Waals surface area contributed by atoms with Crippen LogP contribution in [0.15, 0.2) is 18.2 Å². The van der Waals surface area contributed by atoms with E-state index in [0.29, 0.717) is 10.7 Å². The lowest BCUT2D eigenvalue weighted by molar-refractivity contribution is 0.102. The molecule has 2 unspecified atom stereocenters. The summed E-state index contributed by atoms with van der Waals surface area (Å²) in [5.41, 5.74) is 6.47. The van der Waals surface area contributed by atoms with Crippen LogP contribution in [0.2, 0.25) is 5.02 Å². The Labute approximate surface area is 108 Å². The summed E-state index contributed by atoms with van der Waals surface area (Å²) in [6.45, 7) is 4.57. The number of ether oxygens (including phenoxy) is 1. The summed E-state index contributed by atoms with van der Waals surface area (Å²) >= 11 is 5.98. The summed E-state index contributed by atoms with van der Waals surface area (Å²) in [5, 5.41) is 0.569. The summed E-state index contributed by atoms with van der Waals surface area (Å²) in [6.07, 6.45) is 3.78. The Morgan fingerprint density at radius 1 is 1.18 bits per heavy atom. The summed E-state index contributed by atoms with van der Waals surface area (Å²) in [4.78, 5) is 0. The third-order valence-electron chi connectivity index (χ3n) is 3.44. The molecule has 17 heavy (non-hydrogen) atoms. The Morgan fingerprint density at radius 2 is 1.82 bits per heavy atom. The second kappa shape index (κ2) is 5.18. The van der Waals surface area contributed by atoms with Gasteiger partial charge < -0.3 is 10.5 Å². The monoisotopic (exact) mass is 253 g/mol. The maximum absolute atomic E-state index is 6.00. The third kappa shape index (κ3) is 3.06. The number of benzene rings is 1. The molecule has 0 spiro atoms. The Hall–Kier alpha value is -0.890. The molecule has 94 valence electrons. The van der Waals surface area contributed by atoms with Gasteiger partial charge in [0, 0.05) is 0 Å². The van der Waals surface area contributed by atoms with Gasteiger partial charge in [0.15, 0.2) is 0 Å². The lowest BCUT2D eigenvalue weighted by Crippen LogP contribution is -2.28. The zero-order chi connectivity index (χ0) is 12.4. The van der Waals surface area contributed by atoms with E-state index in [2.05, 4.69) is 13.8 Å². The summed E-state index contributed by atoms with van der Waals surface area (Å²) < 4.78 is 6.00. The van der Waals surface area contributed by atoms with Gasteiger partial charge in [0.2, 0.25) is 0 Å². The Balaban J connectivity index is 2.07. The average Bonchev–Trinajstić information content (AvgIpc) is 2.23. The van der Waals surface area contributed by atoms with Gasteiger partial charge in [-0.15, -0.1) is 0 Å². The highest BCUT2D eigenvalue weighted by Crippen LogP contribution is 2.35. The predicted octanol–water partition coefficient (Wildman–Crippen LogP) is 4.13. The number of para-hydroxylation sites is 1. The molecule has 1 aliphatic rings. The van der Waals surface area contributed by atoms with Crippen LogP contribution in [0.3, 0.4) is 0 Å². The second-order valence-corrected chi connectivity index (χ2v) is 5.72. The van der Waals surface area contributed by atoms with Crippen LogP contribution < -0.4 is 10.5 Å². The molecule has 0 saturated heterocycles. The number of halogens is 1. The average molecular weight is 254 g/mol. The molecule has 1 aliphatic carbocycles. The molecule has 0 aromatic heterocycles. The van der Waals surface area contributed by atoms with Gasteiger partial charge in [-0.05, 0) is 43.2 Å². The molecule has 0 aliphatic heterocycles.